The summed E-state index contributed by atoms with van der Waals surface area (Å²) < 4.78 is 35.0. The van der Waals surface area contributed by atoms with E-state index in [4.69, 9.17) is 4.74 Å². The van der Waals surface area contributed by atoms with Gasteiger partial charge in [-0.2, -0.15) is 0 Å². The molecule has 0 radical (unpaired) electrons. The Kier molecular flexibility index (Phi) is 10.9. The third-order valence-electron chi connectivity index (χ3n) is 8.09. The van der Waals surface area contributed by atoms with Crippen molar-refractivity contribution in [2.75, 3.05) is 24.5 Å². The summed E-state index contributed by atoms with van der Waals surface area (Å²) in [5.41, 5.74) is 3.01. The zero-order chi connectivity index (χ0) is 31.0. The van der Waals surface area contributed by atoms with Crippen LogP contribution < -0.4 is 14.4 Å². The summed E-state index contributed by atoms with van der Waals surface area (Å²) in [4.78, 5) is 29.2. The average molecular weight is 606 g/mol. The maximum atomic E-state index is 14.2. The van der Waals surface area contributed by atoms with Crippen molar-refractivity contribution in [3.05, 3.63) is 89.5 Å². The molecule has 0 aliphatic heterocycles. The van der Waals surface area contributed by atoms with Gasteiger partial charge in [0.2, 0.25) is 11.8 Å². The first-order chi connectivity index (χ1) is 20.6. The molecule has 8 nitrogen and oxygen atoms in total. The molecule has 0 spiro atoms. The van der Waals surface area contributed by atoms with Gasteiger partial charge in [-0.15, -0.1) is 0 Å². The molecule has 43 heavy (non-hydrogen) atoms. The van der Waals surface area contributed by atoms with Crippen LogP contribution in [0.2, 0.25) is 0 Å². The normalized spacial score (nSPS) is 14.5. The van der Waals surface area contributed by atoms with Gasteiger partial charge in [-0.1, -0.05) is 73.4 Å². The maximum absolute atomic E-state index is 14.2. The van der Waals surface area contributed by atoms with Crippen LogP contribution in [0.5, 0.6) is 5.75 Å². The molecule has 1 N–H and O–H groups in total. The summed E-state index contributed by atoms with van der Waals surface area (Å²) in [6.45, 7) is 5.21. The number of ether oxygens (including phenoxy) is 1. The number of carbonyl (C=O) groups excluding carboxylic acids is 2. The minimum Gasteiger partial charge on any atom is -0.495 e. The zero-order valence-electron chi connectivity index (χ0n) is 25.6. The first kappa shape index (κ1) is 32.1. The van der Waals surface area contributed by atoms with Gasteiger partial charge in [0.15, 0.2) is 0 Å². The number of anilines is 1. The van der Waals surface area contributed by atoms with E-state index in [2.05, 4.69) is 5.32 Å². The summed E-state index contributed by atoms with van der Waals surface area (Å²) >= 11 is 0. The number of rotatable bonds is 12. The van der Waals surface area contributed by atoms with Gasteiger partial charge in [0.05, 0.1) is 17.7 Å². The van der Waals surface area contributed by atoms with Crippen molar-refractivity contribution in [3.63, 3.8) is 0 Å². The van der Waals surface area contributed by atoms with Crippen molar-refractivity contribution in [3.8, 4) is 5.75 Å². The number of benzene rings is 3. The predicted molar refractivity (Wildman–Crippen MR) is 170 cm³/mol. The van der Waals surface area contributed by atoms with Crippen molar-refractivity contribution in [1.29, 1.82) is 0 Å². The van der Waals surface area contributed by atoms with Gasteiger partial charge in [-0.3, -0.25) is 13.9 Å². The van der Waals surface area contributed by atoms with Crippen LogP contribution in [-0.4, -0.2) is 57.4 Å². The molecule has 0 bridgehead atoms. The lowest BCUT2D eigenvalue weighted by molar-refractivity contribution is -0.139. The molecule has 3 aromatic carbocycles. The summed E-state index contributed by atoms with van der Waals surface area (Å²) in [5.74, 6) is -0.371. The first-order valence-corrected chi connectivity index (χ1v) is 16.4. The van der Waals surface area contributed by atoms with Crippen molar-refractivity contribution < 1.29 is 22.7 Å². The van der Waals surface area contributed by atoms with Gasteiger partial charge in [0, 0.05) is 12.6 Å². The fourth-order valence-corrected chi connectivity index (χ4v) is 6.90. The minimum atomic E-state index is -4.18. The van der Waals surface area contributed by atoms with E-state index in [1.165, 1.54) is 24.1 Å². The summed E-state index contributed by atoms with van der Waals surface area (Å²) in [6, 6.07) is 20.8. The highest BCUT2D eigenvalue weighted by molar-refractivity contribution is 7.92. The van der Waals surface area contributed by atoms with E-state index in [0.29, 0.717) is 12.2 Å². The molecule has 1 fully saturated rings. The lowest BCUT2D eigenvalue weighted by Crippen LogP contribution is -2.53. The number of methoxy groups -OCH3 is 1. The number of amides is 2. The molecule has 1 aliphatic carbocycles. The summed E-state index contributed by atoms with van der Waals surface area (Å²) in [5, 5.41) is 3.14. The number of carbonyl (C=O) groups is 2. The van der Waals surface area contributed by atoms with Crippen LogP contribution in [0.15, 0.2) is 77.7 Å². The Morgan fingerprint density at radius 1 is 0.930 bits per heavy atom. The van der Waals surface area contributed by atoms with Crippen LogP contribution in [0.3, 0.4) is 0 Å². The number of hydrogen-bond donors (Lipinski definition) is 1. The Labute approximate surface area is 256 Å². The van der Waals surface area contributed by atoms with E-state index in [-0.39, 0.29) is 29.1 Å². The highest BCUT2D eigenvalue weighted by Gasteiger charge is 2.34. The van der Waals surface area contributed by atoms with E-state index in [0.717, 1.165) is 53.1 Å². The highest BCUT2D eigenvalue weighted by Crippen LogP contribution is 2.34. The van der Waals surface area contributed by atoms with E-state index in [1.54, 1.807) is 31.2 Å². The van der Waals surface area contributed by atoms with E-state index in [1.807, 2.05) is 50.2 Å². The van der Waals surface area contributed by atoms with Crippen molar-refractivity contribution in [2.45, 2.75) is 76.3 Å². The minimum absolute atomic E-state index is 0.0633. The van der Waals surface area contributed by atoms with Gasteiger partial charge in [-0.05, 0) is 75.4 Å². The second-order valence-electron chi connectivity index (χ2n) is 11.3. The fraction of sp³-hybridized carbons (Fsp3) is 0.412. The first-order valence-electron chi connectivity index (χ1n) is 15.0. The molecule has 1 atom stereocenters. The molecular weight excluding hydrogens is 562 g/mol. The number of hydrogen-bond acceptors (Lipinski definition) is 5. The fourth-order valence-electron chi connectivity index (χ4n) is 5.48. The summed E-state index contributed by atoms with van der Waals surface area (Å²) in [6.07, 6.45) is 5.67. The van der Waals surface area contributed by atoms with Gasteiger partial charge >= 0.3 is 0 Å². The lowest BCUT2D eigenvalue weighted by atomic mass is 9.95. The van der Waals surface area contributed by atoms with E-state index >= 15 is 0 Å². The lowest BCUT2D eigenvalue weighted by Gasteiger charge is -2.33. The zero-order valence-corrected chi connectivity index (χ0v) is 26.4. The molecule has 0 heterocycles. The maximum Gasteiger partial charge on any atom is 0.264 e. The molecule has 2 amide bonds. The van der Waals surface area contributed by atoms with Gasteiger partial charge in [0.1, 0.15) is 18.3 Å². The Morgan fingerprint density at radius 3 is 2.23 bits per heavy atom. The second-order valence-corrected chi connectivity index (χ2v) is 13.2. The van der Waals surface area contributed by atoms with Crippen LogP contribution in [0.25, 0.3) is 0 Å². The second kappa shape index (κ2) is 14.6. The van der Waals surface area contributed by atoms with Gasteiger partial charge < -0.3 is 15.0 Å². The molecule has 4 rings (SSSR count). The van der Waals surface area contributed by atoms with Gasteiger partial charge in [0.25, 0.3) is 10.0 Å². The Bertz CT molecular complexity index is 1490. The standard InChI is InChI=1S/C34H43N3O5S/c1-25-15-18-30(19-16-25)43(40,41)37(31-23-26(2)17-20-32(31)42-4)24-33(38)36(22-21-28-11-7-5-8-12-28)27(3)34(39)35-29-13-9-6-10-14-29/h5,7-8,11-12,15-20,23,27,29H,6,9-10,13-14,21-22,24H2,1-4H3,(H,35,39)/t27-/m0/s1. The SMILES string of the molecule is COc1ccc(C)cc1N(CC(=O)N(CCc1ccccc1)[C@@H](C)C(=O)NC1CCCCC1)S(=O)(=O)c1ccc(C)cc1. The van der Waals surface area contributed by atoms with Crippen LogP contribution >= 0.6 is 0 Å². The largest absolute Gasteiger partial charge is 0.495 e. The number of nitrogens with zero attached hydrogens (tertiary/aromatic N) is 2. The number of aryl methyl sites for hydroxylation is 2. The smallest absolute Gasteiger partial charge is 0.264 e. The van der Waals surface area contributed by atoms with E-state index in [9.17, 15) is 18.0 Å². The van der Waals surface area contributed by atoms with Crippen molar-refractivity contribution in [1.82, 2.24) is 10.2 Å². The summed E-state index contributed by atoms with van der Waals surface area (Å²) in [7, 11) is -2.71. The van der Waals surface area contributed by atoms with Crippen LogP contribution in [-0.2, 0) is 26.0 Å². The van der Waals surface area contributed by atoms with E-state index < -0.39 is 28.5 Å². The Hall–Kier alpha value is -3.85. The molecule has 230 valence electrons. The number of sulfonamides is 1. The average Bonchev–Trinajstić information content (AvgIpc) is 3.01. The Morgan fingerprint density at radius 2 is 1.58 bits per heavy atom. The molecule has 0 saturated heterocycles. The molecule has 9 heteroatoms. The molecule has 0 unspecified atom stereocenters. The molecule has 1 saturated carbocycles. The number of nitrogens with one attached hydrogen (secondary N) is 1. The highest BCUT2D eigenvalue weighted by atomic mass is 32.2. The third-order valence-corrected chi connectivity index (χ3v) is 9.87. The Balaban J connectivity index is 1.69. The van der Waals surface area contributed by atoms with Gasteiger partial charge in [-0.25, -0.2) is 8.42 Å². The molecule has 3 aromatic rings. The van der Waals surface area contributed by atoms with Crippen molar-refractivity contribution in [2.24, 2.45) is 0 Å². The van der Waals surface area contributed by atoms with Crippen LogP contribution in [0.1, 0.15) is 55.7 Å². The quantitative estimate of drug-likeness (QED) is 0.298. The molecular formula is C34H43N3O5S. The predicted octanol–water partition coefficient (Wildman–Crippen LogP) is 5.42. The monoisotopic (exact) mass is 605 g/mol. The molecule has 1 aliphatic rings. The van der Waals surface area contributed by atoms with Crippen molar-refractivity contribution >= 4 is 27.5 Å². The molecule has 0 aromatic heterocycles. The van der Waals surface area contributed by atoms with Crippen LogP contribution in [0.4, 0.5) is 5.69 Å². The van der Waals surface area contributed by atoms with Crippen LogP contribution in [0, 0.1) is 13.8 Å². The third kappa shape index (κ3) is 8.16. The topological polar surface area (TPSA) is 96.0 Å².